The van der Waals surface area contributed by atoms with Crippen molar-refractivity contribution in [1.29, 1.82) is 0 Å². The Bertz CT molecular complexity index is 551. The van der Waals surface area contributed by atoms with E-state index >= 15 is 0 Å². The van der Waals surface area contributed by atoms with Crippen LogP contribution in [0.25, 0.3) is 21.2 Å². The minimum absolute atomic E-state index is 1.23. The third-order valence-corrected chi connectivity index (χ3v) is 3.67. The molecule has 2 aromatic heterocycles. The molecule has 0 amide bonds. The quantitative estimate of drug-likeness (QED) is 0.600. The van der Waals surface area contributed by atoms with Gasteiger partial charge in [0.1, 0.15) is 0 Å². The molecular formula is C11H7NS2. The second-order valence-corrected chi connectivity index (χ2v) is 4.70. The normalized spacial score (nSPS) is 10.9. The summed E-state index contributed by atoms with van der Waals surface area (Å²) in [5.74, 6) is 0. The minimum Gasteiger partial charge on any atom is -0.200 e. The van der Waals surface area contributed by atoms with Gasteiger partial charge in [-0.05, 0) is 51.6 Å². The lowest BCUT2D eigenvalue weighted by Gasteiger charge is -1.96. The molecule has 0 radical (unpaired) electrons. The summed E-state index contributed by atoms with van der Waals surface area (Å²) in [5, 5.41) is 5.51. The summed E-state index contributed by atoms with van der Waals surface area (Å²) in [5.41, 5.74) is 2.57. The van der Waals surface area contributed by atoms with Crippen LogP contribution in [0, 0.1) is 0 Å². The lowest BCUT2D eigenvalue weighted by molar-refractivity contribution is 1.60. The lowest BCUT2D eigenvalue weighted by atomic mass is 10.1. The molecule has 2 heterocycles. The van der Waals surface area contributed by atoms with Crippen molar-refractivity contribution in [2.24, 2.45) is 0 Å². The molecule has 0 aliphatic heterocycles. The van der Waals surface area contributed by atoms with Gasteiger partial charge in [-0.2, -0.15) is 15.7 Å². The predicted octanol–water partition coefficient (Wildman–Crippen LogP) is 4.02. The molecule has 68 valence electrons. The molecule has 14 heavy (non-hydrogen) atoms. The van der Waals surface area contributed by atoms with Gasteiger partial charge in [0, 0.05) is 11.6 Å². The monoisotopic (exact) mass is 217 g/mol. The number of rotatable bonds is 1. The van der Waals surface area contributed by atoms with Gasteiger partial charge in [0.2, 0.25) is 0 Å². The van der Waals surface area contributed by atoms with Gasteiger partial charge < -0.3 is 0 Å². The lowest BCUT2D eigenvalue weighted by Crippen LogP contribution is -1.71. The molecule has 0 spiro atoms. The zero-order chi connectivity index (χ0) is 9.38. The zero-order valence-electron chi connectivity index (χ0n) is 7.31. The molecule has 3 heteroatoms. The number of hydrogen-bond acceptors (Lipinski definition) is 3. The molecule has 0 saturated heterocycles. The second kappa shape index (κ2) is 3.19. The molecule has 3 rings (SSSR count). The number of thiophene rings is 1. The molecule has 0 atom stereocenters. The zero-order valence-corrected chi connectivity index (χ0v) is 8.94. The first-order valence-corrected chi connectivity index (χ1v) is 6.02. The Balaban J connectivity index is 2.23. The Morgan fingerprint density at radius 2 is 2.07 bits per heavy atom. The fraction of sp³-hybridized carbons (Fsp3) is 0. The van der Waals surface area contributed by atoms with E-state index < -0.39 is 0 Å². The van der Waals surface area contributed by atoms with Crippen LogP contribution in [0.4, 0.5) is 0 Å². The average Bonchev–Trinajstić information content (AvgIpc) is 2.88. The molecule has 0 saturated carbocycles. The highest BCUT2D eigenvalue weighted by atomic mass is 32.1. The van der Waals surface area contributed by atoms with Gasteiger partial charge in [-0.25, -0.2) is 0 Å². The van der Waals surface area contributed by atoms with Crippen LogP contribution in [0.1, 0.15) is 0 Å². The Morgan fingerprint density at radius 3 is 2.93 bits per heavy atom. The van der Waals surface area contributed by atoms with Crippen LogP contribution < -0.4 is 0 Å². The first kappa shape index (κ1) is 8.15. The minimum atomic E-state index is 1.23. The maximum absolute atomic E-state index is 4.17. The van der Waals surface area contributed by atoms with E-state index in [4.69, 9.17) is 0 Å². The Kier molecular flexibility index (Phi) is 1.85. The predicted molar refractivity (Wildman–Crippen MR) is 62.9 cm³/mol. The molecule has 1 nitrogen and oxygen atoms in total. The van der Waals surface area contributed by atoms with Gasteiger partial charge in [0.15, 0.2) is 0 Å². The third-order valence-electron chi connectivity index (χ3n) is 2.21. The summed E-state index contributed by atoms with van der Waals surface area (Å²) < 4.78 is 5.42. The topological polar surface area (TPSA) is 12.9 Å². The van der Waals surface area contributed by atoms with Gasteiger partial charge >= 0.3 is 0 Å². The van der Waals surface area contributed by atoms with Crippen molar-refractivity contribution < 1.29 is 0 Å². The Morgan fingerprint density at radius 1 is 1.07 bits per heavy atom. The smallest absolute Gasteiger partial charge is 0.0550 e. The van der Waals surface area contributed by atoms with E-state index in [2.05, 4.69) is 39.4 Å². The number of fused-ring (bicyclic) bond motifs is 1. The summed E-state index contributed by atoms with van der Waals surface area (Å²) in [6, 6.07) is 8.63. The van der Waals surface area contributed by atoms with Crippen molar-refractivity contribution in [2.45, 2.75) is 0 Å². The highest BCUT2D eigenvalue weighted by molar-refractivity contribution is 7.13. The number of benzene rings is 1. The van der Waals surface area contributed by atoms with Gasteiger partial charge in [-0.1, -0.05) is 6.07 Å². The van der Waals surface area contributed by atoms with Crippen LogP contribution in [0.2, 0.25) is 0 Å². The number of nitrogens with zero attached hydrogens (tertiary/aromatic N) is 1. The molecule has 0 fully saturated rings. The summed E-state index contributed by atoms with van der Waals surface area (Å²) in [4.78, 5) is 0. The van der Waals surface area contributed by atoms with Crippen LogP contribution >= 0.6 is 22.9 Å². The largest absolute Gasteiger partial charge is 0.200 e. The third kappa shape index (κ3) is 1.25. The van der Waals surface area contributed by atoms with Crippen molar-refractivity contribution in [2.75, 3.05) is 0 Å². The standard InChI is InChI=1S/C11H7NS2/c1-2-11-10(6-12-14-11)5-8(1)9-3-4-13-7-9/h1-7H. The molecule has 0 aliphatic carbocycles. The van der Waals surface area contributed by atoms with Crippen LogP contribution in [-0.2, 0) is 0 Å². The van der Waals surface area contributed by atoms with E-state index in [1.165, 1.54) is 21.2 Å². The molecule has 1 aromatic carbocycles. The maximum Gasteiger partial charge on any atom is 0.0550 e. The van der Waals surface area contributed by atoms with Gasteiger partial charge in [-0.3, -0.25) is 0 Å². The highest BCUT2D eigenvalue weighted by Crippen LogP contribution is 2.27. The molecule has 0 aliphatic rings. The molecular weight excluding hydrogens is 210 g/mol. The van der Waals surface area contributed by atoms with Crippen molar-refractivity contribution in [3.05, 3.63) is 41.2 Å². The number of aromatic nitrogens is 1. The van der Waals surface area contributed by atoms with E-state index in [0.29, 0.717) is 0 Å². The van der Waals surface area contributed by atoms with Crippen molar-refractivity contribution in [1.82, 2.24) is 4.37 Å². The second-order valence-electron chi connectivity index (χ2n) is 3.09. The van der Waals surface area contributed by atoms with Crippen LogP contribution in [0.5, 0.6) is 0 Å². The van der Waals surface area contributed by atoms with Crippen LogP contribution in [0.3, 0.4) is 0 Å². The van der Waals surface area contributed by atoms with Crippen molar-refractivity contribution >= 4 is 33.0 Å². The van der Waals surface area contributed by atoms with E-state index in [0.717, 1.165) is 0 Å². The van der Waals surface area contributed by atoms with E-state index in [9.17, 15) is 0 Å². The highest BCUT2D eigenvalue weighted by Gasteiger charge is 2.00. The summed E-state index contributed by atoms with van der Waals surface area (Å²) >= 11 is 3.27. The van der Waals surface area contributed by atoms with Crippen molar-refractivity contribution in [3.8, 4) is 11.1 Å². The van der Waals surface area contributed by atoms with Gasteiger partial charge in [0.25, 0.3) is 0 Å². The molecule has 0 N–H and O–H groups in total. The fourth-order valence-electron chi connectivity index (χ4n) is 1.48. The van der Waals surface area contributed by atoms with Crippen molar-refractivity contribution in [3.63, 3.8) is 0 Å². The Labute approximate surface area is 89.8 Å². The summed E-state index contributed by atoms with van der Waals surface area (Å²) in [6.45, 7) is 0. The molecule has 0 bridgehead atoms. The maximum atomic E-state index is 4.17. The SMILES string of the molecule is c1cc(-c2ccc3sncc3c2)cs1. The summed E-state index contributed by atoms with van der Waals surface area (Å²) in [6.07, 6.45) is 1.93. The first-order valence-electron chi connectivity index (χ1n) is 4.30. The van der Waals surface area contributed by atoms with Crippen LogP contribution in [-0.4, -0.2) is 4.37 Å². The first-order chi connectivity index (χ1) is 6.93. The molecule has 0 unspecified atom stereocenters. The molecule has 3 aromatic rings. The van der Waals surface area contributed by atoms with E-state index in [1.54, 1.807) is 22.9 Å². The number of hydrogen-bond donors (Lipinski definition) is 0. The van der Waals surface area contributed by atoms with E-state index in [-0.39, 0.29) is 0 Å². The fourth-order valence-corrected chi connectivity index (χ4v) is 2.77. The average molecular weight is 217 g/mol. The van der Waals surface area contributed by atoms with Crippen LogP contribution in [0.15, 0.2) is 41.2 Å². The van der Waals surface area contributed by atoms with E-state index in [1.807, 2.05) is 6.20 Å². The summed E-state index contributed by atoms with van der Waals surface area (Å²) in [7, 11) is 0. The van der Waals surface area contributed by atoms with Gasteiger partial charge in [0.05, 0.1) is 4.70 Å². The Hall–Kier alpha value is -1.19. The van der Waals surface area contributed by atoms with Gasteiger partial charge in [-0.15, -0.1) is 0 Å².